The Balaban J connectivity index is 2.40. The number of allylic oxidation sites excluding steroid dienone is 2. The molecule has 2 heterocycles. The molecule has 0 fully saturated rings. The molecule has 1 N–H and O–H groups in total. The van der Waals surface area contributed by atoms with Gasteiger partial charge in [0.15, 0.2) is 5.84 Å². The van der Waals surface area contributed by atoms with Gasteiger partial charge in [0.1, 0.15) is 5.70 Å². The Morgan fingerprint density at radius 2 is 2.38 bits per heavy atom. The number of halogens is 1. The molecule has 0 spiro atoms. The minimum atomic E-state index is -1.01. The van der Waals surface area contributed by atoms with Crippen molar-refractivity contribution in [2.45, 2.75) is 6.42 Å². The molecule has 0 radical (unpaired) electrons. The number of carboxylic acid groups (broad SMARTS) is 1. The standard InChI is InChI=1S/C8H5BrN2O2/c9-5-3-10-7-4(5)1-2-6(11-7)8(12)13/h2-3H,1H2,(H,12,13). The molecule has 0 saturated carbocycles. The Hall–Kier alpha value is -1.23. The first kappa shape index (κ1) is 8.37. The Morgan fingerprint density at radius 1 is 1.62 bits per heavy atom. The molecule has 0 aromatic heterocycles. The van der Waals surface area contributed by atoms with E-state index in [0.717, 1.165) is 10.1 Å². The maximum Gasteiger partial charge on any atom is 0.354 e. The van der Waals surface area contributed by atoms with Crippen LogP contribution < -0.4 is 0 Å². The van der Waals surface area contributed by atoms with Crippen molar-refractivity contribution in [2.75, 3.05) is 0 Å². The monoisotopic (exact) mass is 240 g/mol. The minimum Gasteiger partial charge on any atom is -0.477 e. The van der Waals surface area contributed by atoms with Gasteiger partial charge < -0.3 is 5.11 Å². The number of aliphatic imine (C=N–C) groups is 2. The number of rotatable bonds is 1. The third-order valence-electron chi connectivity index (χ3n) is 1.80. The van der Waals surface area contributed by atoms with Gasteiger partial charge >= 0.3 is 5.97 Å². The van der Waals surface area contributed by atoms with Gasteiger partial charge in [-0.15, -0.1) is 0 Å². The van der Waals surface area contributed by atoms with E-state index in [0.29, 0.717) is 12.3 Å². The van der Waals surface area contributed by atoms with Crippen LogP contribution in [0.4, 0.5) is 0 Å². The zero-order valence-corrected chi connectivity index (χ0v) is 8.08. The SMILES string of the molecule is O=C(O)C1=CCC2=C(Br)C=NC2=N1. The van der Waals surface area contributed by atoms with Crippen LogP contribution in [-0.2, 0) is 4.79 Å². The zero-order chi connectivity index (χ0) is 9.42. The molecule has 0 saturated heterocycles. The van der Waals surface area contributed by atoms with Crippen molar-refractivity contribution in [1.29, 1.82) is 0 Å². The number of hydrogen-bond acceptors (Lipinski definition) is 3. The van der Waals surface area contributed by atoms with E-state index in [-0.39, 0.29) is 5.70 Å². The maximum atomic E-state index is 10.6. The lowest BCUT2D eigenvalue weighted by Gasteiger charge is -2.07. The predicted molar refractivity (Wildman–Crippen MR) is 52.2 cm³/mol. The molecule has 0 atom stereocenters. The average Bonchev–Trinajstić information content (AvgIpc) is 2.47. The summed E-state index contributed by atoms with van der Waals surface area (Å²) in [6.45, 7) is 0. The number of hydrogen-bond donors (Lipinski definition) is 1. The lowest BCUT2D eigenvalue weighted by Crippen LogP contribution is -2.07. The largest absolute Gasteiger partial charge is 0.477 e. The van der Waals surface area contributed by atoms with Gasteiger partial charge in [-0.2, -0.15) is 0 Å². The number of carboxylic acids is 1. The maximum absolute atomic E-state index is 10.6. The van der Waals surface area contributed by atoms with Crippen molar-refractivity contribution in [3.63, 3.8) is 0 Å². The molecule has 0 bridgehead atoms. The number of aliphatic carboxylic acids is 1. The van der Waals surface area contributed by atoms with Gasteiger partial charge in [-0.05, 0) is 28.4 Å². The summed E-state index contributed by atoms with van der Waals surface area (Å²) in [7, 11) is 0. The lowest BCUT2D eigenvalue weighted by molar-refractivity contribution is -0.132. The highest BCUT2D eigenvalue weighted by Crippen LogP contribution is 2.26. The van der Waals surface area contributed by atoms with E-state index in [1.807, 2.05) is 0 Å². The van der Waals surface area contributed by atoms with E-state index in [1.54, 1.807) is 12.3 Å². The van der Waals surface area contributed by atoms with Crippen molar-refractivity contribution >= 4 is 33.9 Å². The minimum absolute atomic E-state index is 0.0677. The van der Waals surface area contributed by atoms with Crippen molar-refractivity contribution in [1.82, 2.24) is 0 Å². The smallest absolute Gasteiger partial charge is 0.354 e. The quantitative estimate of drug-likeness (QED) is 0.755. The first-order valence-corrected chi connectivity index (χ1v) is 4.43. The predicted octanol–water partition coefficient (Wildman–Crippen LogP) is 1.49. The van der Waals surface area contributed by atoms with Gasteiger partial charge in [-0.1, -0.05) is 0 Å². The molecule has 0 aromatic rings. The van der Waals surface area contributed by atoms with E-state index in [4.69, 9.17) is 5.11 Å². The number of fused-ring (bicyclic) bond motifs is 1. The third-order valence-corrected chi connectivity index (χ3v) is 2.49. The van der Waals surface area contributed by atoms with Crippen LogP contribution in [0.15, 0.2) is 31.8 Å². The van der Waals surface area contributed by atoms with Crippen LogP contribution in [0, 0.1) is 0 Å². The fraction of sp³-hybridized carbons (Fsp3) is 0.125. The summed E-state index contributed by atoms with van der Waals surface area (Å²) in [6.07, 6.45) is 3.78. The third kappa shape index (κ3) is 1.35. The molecule has 2 aliphatic heterocycles. The van der Waals surface area contributed by atoms with Crippen molar-refractivity contribution in [3.05, 3.63) is 21.8 Å². The van der Waals surface area contributed by atoms with Crippen LogP contribution in [0.1, 0.15) is 6.42 Å². The lowest BCUT2D eigenvalue weighted by atomic mass is 10.1. The van der Waals surface area contributed by atoms with E-state index in [2.05, 4.69) is 25.9 Å². The molecular weight excluding hydrogens is 236 g/mol. The van der Waals surface area contributed by atoms with Gasteiger partial charge in [0.05, 0.1) is 0 Å². The van der Waals surface area contributed by atoms with E-state index in [1.165, 1.54) is 0 Å². The topological polar surface area (TPSA) is 62.0 Å². The Morgan fingerprint density at radius 3 is 3.08 bits per heavy atom. The summed E-state index contributed by atoms with van der Waals surface area (Å²) in [5.41, 5.74) is 1.02. The van der Waals surface area contributed by atoms with Crippen molar-refractivity contribution in [2.24, 2.45) is 9.98 Å². The zero-order valence-electron chi connectivity index (χ0n) is 6.49. The second kappa shape index (κ2) is 2.92. The highest BCUT2D eigenvalue weighted by atomic mass is 79.9. The van der Waals surface area contributed by atoms with Crippen LogP contribution in [0.3, 0.4) is 0 Å². The van der Waals surface area contributed by atoms with E-state index in [9.17, 15) is 4.79 Å². The number of carbonyl (C=O) groups is 1. The summed E-state index contributed by atoms with van der Waals surface area (Å²) < 4.78 is 0.881. The second-order valence-electron chi connectivity index (χ2n) is 2.62. The van der Waals surface area contributed by atoms with Crippen molar-refractivity contribution in [3.8, 4) is 0 Å². The molecule has 13 heavy (non-hydrogen) atoms. The Labute approximate surface area is 82.5 Å². The molecule has 66 valence electrons. The van der Waals surface area contributed by atoms with Gasteiger partial charge in [-0.25, -0.2) is 14.8 Å². The highest BCUT2D eigenvalue weighted by Gasteiger charge is 2.21. The van der Waals surface area contributed by atoms with Crippen LogP contribution >= 0.6 is 15.9 Å². The van der Waals surface area contributed by atoms with Crippen LogP contribution in [-0.4, -0.2) is 23.1 Å². The van der Waals surface area contributed by atoms with Gasteiger partial charge in [0.25, 0.3) is 0 Å². The Bertz CT molecular complexity index is 404. The fourth-order valence-corrected chi connectivity index (χ4v) is 1.60. The molecule has 0 aliphatic carbocycles. The normalized spacial score (nSPS) is 19.8. The Kier molecular flexibility index (Phi) is 1.88. The summed E-state index contributed by atoms with van der Waals surface area (Å²) in [6, 6.07) is 0. The summed E-state index contributed by atoms with van der Waals surface area (Å²) in [5.74, 6) is -0.503. The summed E-state index contributed by atoms with van der Waals surface area (Å²) in [5, 5.41) is 8.67. The molecule has 0 unspecified atom stereocenters. The molecule has 0 amide bonds. The molecule has 2 aliphatic rings. The summed E-state index contributed by atoms with van der Waals surface area (Å²) in [4.78, 5) is 18.4. The van der Waals surface area contributed by atoms with Gasteiger partial charge in [0.2, 0.25) is 0 Å². The van der Waals surface area contributed by atoms with Crippen molar-refractivity contribution < 1.29 is 9.90 Å². The number of nitrogens with zero attached hydrogens (tertiary/aromatic N) is 2. The molecule has 2 rings (SSSR count). The highest BCUT2D eigenvalue weighted by molar-refractivity contribution is 9.12. The van der Waals surface area contributed by atoms with Gasteiger partial charge in [0, 0.05) is 16.3 Å². The van der Waals surface area contributed by atoms with Gasteiger partial charge in [-0.3, -0.25) is 0 Å². The summed E-state index contributed by atoms with van der Waals surface area (Å²) >= 11 is 3.31. The van der Waals surface area contributed by atoms with Crippen LogP contribution in [0.5, 0.6) is 0 Å². The number of amidine groups is 1. The van der Waals surface area contributed by atoms with Crippen LogP contribution in [0.2, 0.25) is 0 Å². The van der Waals surface area contributed by atoms with Crippen LogP contribution in [0.25, 0.3) is 0 Å². The molecule has 4 nitrogen and oxygen atoms in total. The molecule has 0 aromatic carbocycles. The second-order valence-corrected chi connectivity index (χ2v) is 3.47. The van der Waals surface area contributed by atoms with E-state index >= 15 is 0 Å². The van der Waals surface area contributed by atoms with E-state index < -0.39 is 5.97 Å². The average molecular weight is 241 g/mol. The molecule has 5 heteroatoms. The fourth-order valence-electron chi connectivity index (χ4n) is 1.16. The first-order valence-electron chi connectivity index (χ1n) is 3.63. The first-order chi connectivity index (χ1) is 6.18. The molecular formula is C8H5BrN2O2.